The van der Waals surface area contributed by atoms with Gasteiger partial charge in [0.25, 0.3) is 0 Å². The summed E-state index contributed by atoms with van der Waals surface area (Å²) in [5.41, 5.74) is 7.07. The number of amides is 1. The number of hydrogen-bond donors (Lipinski definition) is 1. The van der Waals surface area contributed by atoms with Gasteiger partial charge in [0, 0.05) is 32.2 Å². The SMILES string of the molecule is CN1CCCN(Cc2cc(F)ccc2C(N)=S)CC1=O. The summed E-state index contributed by atoms with van der Waals surface area (Å²) in [7, 11) is 1.80. The molecule has 0 unspecified atom stereocenters. The third-order valence-electron chi connectivity index (χ3n) is 3.48. The molecule has 1 heterocycles. The fraction of sp³-hybridized carbons (Fsp3) is 0.429. The Morgan fingerprint density at radius 2 is 2.20 bits per heavy atom. The maximum Gasteiger partial charge on any atom is 0.236 e. The molecular formula is C14H18FN3OS. The Morgan fingerprint density at radius 3 is 2.90 bits per heavy atom. The molecule has 6 heteroatoms. The summed E-state index contributed by atoms with van der Waals surface area (Å²) in [6.07, 6.45) is 0.903. The van der Waals surface area contributed by atoms with Gasteiger partial charge in [0.2, 0.25) is 5.91 Å². The molecule has 2 N–H and O–H groups in total. The zero-order valence-corrected chi connectivity index (χ0v) is 12.3. The normalized spacial score (nSPS) is 17.1. The summed E-state index contributed by atoms with van der Waals surface area (Å²) in [5.74, 6) is -0.242. The van der Waals surface area contributed by atoms with Crippen LogP contribution in [0.4, 0.5) is 4.39 Å². The second-order valence-corrected chi connectivity index (χ2v) is 5.49. The van der Waals surface area contributed by atoms with Gasteiger partial charge in [-0.1, -0.05) is 12.2 Å². The number of likely N-dealkylation sites (N-methyl/N-ethyl adjacent to an activating group) is 1. The molecule has 1 aliphatic rings. The lowest BCUT2D eigenvalue weighted by Gasteiger charge is -2.21. The van der Waals surface area contributed by atoms with Gasteiger partial charge in [0.15, 0.2) is 0 Å². The van der Waals surface area contributed by atoms with Crippen LogP contribution in [0.2, 0.25) is 0 Å². The molecule has 0 aliphatic carbocycles. The van der Waals surface area contributed by atoms with Gasteiger partial charge >= 0.3 is 0 Å². The number of nitrogens with two attached hydrogens (primary N) is 1. The van der Waals surface area contributed by atoms with E-state index in [-0.39, 0.29) is 16.7 Å². The van der Waals surface area contributed by atoms with E-state index in [1.54, 1.807) is 18.0 Å². The van der Waals surface area contributed by atoms with E-state index >= 15 is 0 Å². The van der Waals surface area contributed by atoms with E-state index in [1.165, 1.54) is 12.1 Å². The van der Waals surface area contributed by atoms with E-state index < -0.39 is 0 Å². The van der Waals surface area contributed by atoms with Crippen molar-refractivity contribution in [2.24, 2.45) is 5.73 Å². The molecule has 0 spiro atoms. The number of carbonyl (C=O) groups is 1. The Kier molecular flexibility index (Phi) is 4.67. The van der Waals surface area contributed by atoms with Crippen LogP contribution in [-0.2, 0) is 11.3 Å². The van der Waals surface area contributed by atoms with E-state index in [0.717, 1.165) is 25.1 Å². The van der Waals surface area contributed by atoms with Crippen molar-refractivity contribution >= 4 is 23.1 Å². The van der Waals surface area contributed by atoms with Gasteiger partial charge in [-0.15, -0.1) is 0 Å². The van der Waals surface area contributed by atoms with E-state index in [0.29, 0.717) is 18.7 Å². The van der Waals surface area contributed by atoms with E-state index in [2.05, 4.69) is 0 Å². The second kappa shape index (κ2) is 6.28. The second-order valence-electron chi connectivity index (χ2n) is 5.05. The van der Waals surface area contributed by atoms with Crippen LogP contribution in [0.5, 0.6) is 0 Å². The smallest absolute Gasteiger partial charge is 0.236 e. The maximum absolute atomic E-state index is 13.4. The van der Waals surface area contributed by atoms with Crippen LogP contribution in [0.15, 0.2) is 18.2 Å². The molecule has 2 rings (SSSR count). The van der Waals surface area contributed by atoms with Crippen molar-refractivity contribution < 1.29 is 9.18 Å². The third kappa shape index (κ3) is 3.52. The summed E-state index contributed by atoms with van der Waals surface area (Å²) in [4.78, 5) is 15.8. The molecular weight excluding hydrogens is 277 g/mol. The Hall–Kier alpha value is -1.53. The first-order chi connectivity index (χ1) is 9.47. The van der Waals surface area contributed by atoms with Crippen molar-refractivity contribution in [3.63, 3.8) is 0 Å². The fourth-order valence-corrected chi connectivity index (χ4v) is 2.56. The first kappa shape index (κ1) is 14.9. The average molecular weight is 295 g/mol. The molecule has 20 heavy (non-hydrogen) atoms. The summed E-state index contributed by atoms with van der Waals surface area (Å²) < 4.78 is 13.4. The molecule has 108 valence electrons. The molecule has 0 saturated carbocycles. The summed E-state index contributed by atoms with van der Waals surface area (Å²) in [5, 5.41) is 0. The largest absolute Gasteiger partial charge is 0.389 e. The van der Waals surface area contributed by atoms with Crippen molar-refractivity contribution in [1.82, 2.24) is 9.80 Å². The van der Waals surface area contributed by atoms with Gasteiger partial charge in [-0.2, -0.15) is 0 Å². The van der Waals surface area contributed by atoms with Crippen LogP contribution in [0.25, 0.3) is 0 Å². The maximum atomic E-state index is 13.4. The molecule has 1 saturated heterocycles. The molecule has 1 fully saturated rings. The number of benzene rings is 1. The number of hydrogen-bond acceptors (Lipinski definition) is 3. The molecule has 0 bridgehead atoms. The highest BCUT2D eigenvalue weighted by atomic mass is 32.1. The lowest BCUT2D eigenvalue weighted by atomic mass is 10.1. The van der Waals surface area contributed by atoms with Crippen LogP contribution in [-0.4, -0.2) is 47.4 Å². The molecule has 1 aromatic rings. The first-order valence-electron chi connectivity index (χ1n) is 6.52. The van der Waals surface area contributed by atoms with Gasteiger partial charge in [-0.05, 0) is 30.2 Å². The molecule has 1 aromatic carbocycles. The number of rotatable bonds is 3. The first-order valence-corrected chi connectivity index (χ1v) is 6.93. The van der Waals surface area contributed by atoms with Crippen molar-refractivity contribution in [3.8, 4) is 0 Å². The van der Waals surface area contributed by atoms with Crippen molar-refractivity contribution in [2.75, 3.05) is 26.7 Å². The third-order valence-corrected chi connectivity index (χ3v) is 3.70. The molecule has 0 aromatic heterocycles. The minimum Gasteiger partial charge on any atom is -0.389 e. The zero-order valence-electron chi connectivity index (χ0n) is 11.4. The minimum absolute atomic E-state index is 0.0794. The van der Waals surface area contributed by atoms with E-state index in [4.69, 9.17) is 18.0 Å². The predicted molar refractivity (Wildman–Crippen MR) is 79.8 cm³/mol. The van der Waals surface area contributed by atoms with Crippen LogP contribution >= 0.6 is 12.2 Å². The van der Waals surface area contributed by atoms with Crippen LogP contribution < -0.4 is 5.73 Å². The highest BCUT2D eigenvalue weighted by molar-refractivity contribution is 7.80. The summed E-state index contributed by atoms with van der Waals surface area (Å²) >= 11 is 4.99. The van der Waals surface area contributed by atoms with Gasteiger partial charge in [0.05, 0.1) is 6.54 Å². The fourth-order valence-electron chi connectivity index (χ4n) is 2.36. The van der Waals surface area contributed by atoms with Crippen LogP contribution in [0.3, 0.4) is 0 Å². The molecule has 1 amide bonds. The highest BCUT2D eigenvalue weighted by Gasteiger charge is 2.20. The van der Waals surface area contributed by atoms with Gasteiger partial charge in [-0.25, -0.2) is 4.39 Å². The number of nitrogens with zero attached hydrogens (tertiary/aromatic N) is 2. The van der Waals surface area contributed by atoms with Gasteiger partial charge in [0.1, 0.15) is 10.8 Å². The van der Waals surface area contributed by atoms with Crippen molar-refractivity contribution in [3.05, 3.63) is 35.1 Å². The predicted octanol–water partition coefficient (Wildman–Crippen LogP) is 1.12. The standard InChI is InChI=1S/C14H18FN3OS/c1-17-5-2-6-18(9-13(17)19)8-10-7-11(15)3-4-12(10)14(16)20/h3-4,7H,2,5-6,8-9H2,1H3,(H2,16,20). The minimum atomic E-state index is -0.321. The van der Waals surface area contributed by atoms with E-state index in [9.17, 15) is 9.18 Å². The van der Waals surface area contributed by atoms with Crippen molar-refractivity contribution in [2.45, 2.75) is 13.0 Å². The van der Waals surface area contributed by atoms with Crippen molar-refractivity contribution in [1.29, 1.82) is 0 Å². The lowest BCUT2D eigenvalue weighted by Crippen LogP contribution is -2.34. The Morgan fingerprint density at radius 1 is 1.45 bits per heavy atom. The Balaban J connectivity index is 2.18. The number of thiocarbonyl (C=S) groups is 1. The lowest BCUT2D eigenvalue weighted by molar-refractivity contribution is -0.129. The molecule has 0 radical (unpaired) electrons. The monoisotopic (exact) mass is 295 g/mol. The summed E-state index contributed by atoms with van der Waals surface area (Å²) in [6.45, 7) is 2.36. The average Bonchev–Trinajstić information content (AvgIpc) is 2.52. The Bertz CT molecular complexity index is 535. The van der Waals surface area contributed by atoms with Crippen LogP contribution in [0.1, 0.15) is 17.5 Å². The topological polar surface area (TPSA) is 49.6 Å². The number of halogens is 1. The van der Waals surface area contributed by atoms with Gasteiger partial charge in [-0.3, -0.25) is 9.69 Å². The van der Waals surface area contributed by atoms with Gasteiger partial charge < -0.3 is 10.6 Å². The van der Waals surface area contributed by atoms with Crippen LogP contribution in [0, 0.1) is 5.82 Å². The molecule has 1 aliphatic heterocycles. The van der Waals surface area contributed by atoms with E-state index in [1.807, 2.05) is 4.90 Å². The zero-order chi connectivity index (χ0) is 14.7. The number of carbonyl (C=O) groups excluding carboxylic acids is 1. The quantitative estimate of drug-likeness (QED) is 0.849. The summed E-state index contributed by atoms with van der Waals surface area (Å²) in [6, 6.07) is 4.38. The molecule has 0 atom stereocenters. The Labute approximate surface area is 123 Å². The highest BCUT2D eigenvalue weighted by Crippen LogP contribution is 2.15. The molecule has 4 nitrogen and oxygen atoms in total.